The molecule has 0 spiro atoms. The number of benzene rings is 2. The number of alkyl halides is 3. The van der Waals surface area contributed by atoms with Gasteiger partial charge in [-0.05, 0) is 79.9 Å². The van der Waals surface area contributed by atoms with E-state index in [0.717, 1.165) is 12.1 Å². The van der Waals surface area contributed by atoms with E-state index in [1.807, 2.05) is 27.7 Å². The first-order valence-corrected chi connectivity index (χ1v) is 14.7. The average Bonchev–Trinajstić information content (AvgIpc) is 2.79. The number of aliphatic hydroxyl groups is 1. The molecular formula is C33H44F4N2O4. The SMILES string of the molecule is CC1(C)CC(OC(=O)c2ccc(-c3ccc(C(O)OC4CC(C)(C)NC(C)(C)C4)cc3)c(F)c2C(F)(F)F)CC(C)(C)N1. The second kappa shape index (κ2) is 11.4. The van der Waals surface area contributed by atoms with Crippen molar-refractivity contribution in [3.63, 3.8) is 0 Å². The van der Waals surface area contributed by atoms with E-state index in [1.165, 1.54) is 24.3 Å². The van der Waals surface area contributed by atoms with Gasteiger partial charge in [0.05, 0.1) is 11.7 Å². The van der Waals surface area contributed by atoms with Gasteiger partial charge in [-0.3, -0.25) is 0 Å². The Morgan fingerprint density at radius 2 is 1.28 bits per heavy atom. The highest BCUT2D eigenvalue weighted by Crippen LogP contribution is 2.40. The number of halogens is 4. The number of carbonyl (C=O) groups is 1. The normalized spacial score (nSPS) is 22.6. The van der Waals surface area contributed by atoms with E-state index in [0.29, 0.717) is 31.2 Å². The number of carbonyl (C=O) groups excluding carboxylic acids is 1. The summed E-state index contributed by atoms with van der Waals surface area (Å²) in [5, 5.41) is 17.7. The zero-order chi connectivity index (χ0) is 32.2. The van der Waals surface area contributed by atoms with Crippen molar-refractivity contribution in [3.8, 4) is 11.1 Å². The van der Waals surface area contributed by atoms with Crippen LogP contribution >= 0.6 is 0 Å². The van der Waals surface area contributed by atoms with Gasteiger partial charge in [-0.25, -0.2) is 9.18 Å². The third kappa shape index (κ3) is 8.15. The van der Waals surface area contributed by atoms with Crippen LogP contribution in [0.2, 0.25) is 0 Å². The minimum absolute atomic E-state index is 0.157. The van der Waals surface area contributed by atoms with E-state index in [-0.39, 0.29) is 28.3 Å². The quantitative estimate of drug-likeness (QED) is 0.182. The lowest BCUT2D eigenvalue weighted by atomic mass is 9.81. The summed E-state index contributed by atoms with van der Waals surface area (Å²) in [6.45, 7) is 16.0. The minimum atomic E-state index is -5.14. The average molecular weight is 609 g/mol. The standard InChI is InChI=1S/C33H44F4N2O4/c1-29(2)15-21(16-30(3,4)38-29)42-27(40)20-11-9-19(10-12-20)23-13-14-24(25(26(23)34)33(35,36)37)28(41)43-22-17-31(5,6)39-32(7,8)18-22/h9-14,21-22,27,38-40H,15-18H2,1-8H3. The zero-order valence-corrected chi connectivity index (χ0v) is 26.2. The van der Waals surface area contributed by atoms with Crippen molar-refractivity contribution in [2.75, 3.05) is 0 Å². The van der Waals surface area contributed by atoms with E-state index in [9.17, 15) is 23.1 Å². The van der Waals surface area contributed by atoms with Gasteiger partial charge in [-0.15, -0.1) is 0 Å². The van der Waals surface area contributed by atoms with Crippen molar-refractivity contribution in [1.82, 2.24) is 10.6 Å². The van der Waals surface area contributed by atoms with Gasteiger partial charge in [0, 0.05) is 46.1 Å². The predicted molar refractivity (Wildman–Crippen MR) is 157 cm³/mol. The van der Waals surface area contributed by atoms with E-state index >= 15 is 4.39 Å². The van der Waals surface area contributed by atoms with Gasteiger partial charge in [0.1, 0.15) is 17.5 Å². The molecule has 2 aromatic carbocycles. The Balaban J connectivity index is 1.55. The maximum atomic E-state index is 15.6. The summed E-state index contributed by atoms with van der Waals surface area (Å²) < 4.78 is 69.6. The van der Waals surface area contributed by atoms with Gasteiger partial charge in [-0.2, -0.15) is 13.2 Å². The molecule has 1 unspecified atom stereocenters. The summed E-state index contributed by atoms with van der Waals surface area (Å²) >= 11 is 0. The second-order valence-corrected chi connectivity index (χ2v) is 14.7. The molecule has 4 rings (SSSR count). The van der Waals surface area contributed by atoms with Gasteiger partial charge in [0.15, 0.2) is 6.29 Å². The molecule has 2 aliphatic rings. The number of hydrogen-bond donors (Lipinski definition) is 3. The Morgan fingerprint density at radius 1 is 0.814 bits per heavy atom. The molecule has 3 N–H and O–H groups in total. The van der Waals surface area contributed by atoms with Gasteiger partial charge in [0.2, 0.25) is 0 Å². The molecule has 0 aliphatic carbocycles. The molecule has 2 saturated heterocycles. The van der Waals surface area contributed by atoms with Crippen LogP contribution in [0.1, 0.15) is 109 Å². The van der Waals surface area contributed by atoms with Gasteiger partial charge >= 0.3 is 12.1 Å². The molecule has 0 aromatic heterocycles. The van der Waals surface area contributed by atoms with Crippen LogP contribution in [-0.2, 0) is 15.7 Å². The first-order chi connectivity index (χ1) is 19.6. The van der Waals surface area contributed by atoms with Crippen LogP contribution < -0.4 is 10.6 Å². The highest BCUT2D eigenvalue weighted by molar-refractivity contribution is 5.92. The van der Waals surface area contributed by atoms with E-state index < -0.39 is 52.6 Å². The third-order valence-corrected chi connectivity index (χ3v) is 8.05. The Morgan fingerprint density at radius 3 is 1.74 bits per heavy atom. The predicted octanol–water partition coefficient (Wildman–Crippen LogP) is 7.29. The third-order valence-electron chi connectivity index (χ3n) is 8.05. The van der Waals surface area contributed by atoms with Crippen molar-refractivity contribution in [2.24, 2.45) is 0 Å². The highest BCUT2D eigenvalue weighted by atomic mass is 19.4. The van der Waals surface area contributed by atoms with Gasteiger partial charge in [-0.1, -0.05) is 30.3 Å². The van der Waals surface area contributed by atoms with Crippen molar-refractivity contribution in [3.05, 3.63) is 58.9 Å². The maximum absolute atomic E-state index is 15.6. The molecule has 2 aliphatic heterocycles. The topological polar surface area (TPSA) is 79.8 Å². The smallest absolute Gasteiger partial charge is 0.420 e. The van der Waals surface area contributed by atoms with Crippen LogP contribution in [0.5, 0.6) is 0 Å². The molecule has 2 heterocycles. The largest absolute Gasteiger partial charge is 0.459 e. The highest BCUT2D eigenvalue weighted by Gasteiger charge is 2.43. The Hall–Kier alpha value is -2.53. The number of rotatable bonds is 6. The van der Waals surface area contributed by atoms with Crippen molar-refractivity contribution in [1.29, 1.82) is 0 Å². The molecule has 2 aromatic rings. The molecule has 10 heteroatoms. The van der Waals surface area contributed by atoms with Crippen molar-refractivity contribution >= 4 is 5.97 Å². The fraction of sp³-hybridized carbons (Fsp3) is 0.606. The lowest BCUT2D eigenvalue weighted by Gasteiger charge is -2.46. The van der Waals surface area contributed by atoms with Crippen LogP contribution in [-0.4, -0.2) is 45.4 Å². The summed E-state index contributed by atoms with van der Waals surface area (Å²) in [6.07, 6.45) is -5.09. The summed E-state index contributed by atoms with van der Waals surface area (Å²) in [4.78, 5) is 13.0. The van der Waals surface area contributed by atoms with Crippen LogP contribution in [0, 0.1) is 5.82 Å². The fourth-order valence-corrected chi connectivity index (χ4v) is 7.19. The molecule has 238 valence electrons. The lowest BCUT2D eigenvalue weighted by molar-refractivity contribution is -0.161. The van der Waals surface area contributed by atoms with Gasteiger partial charge in [0.25, 0.3) is 0 Å². The lowest BCUT2D eigenvalue weighted by Crippen LogP contribution is -2.59. The van der Waals surface area contributed by atoms with Crippen LogP contribution in [0.4, 0.5) is 17.6 Å². The monoisotopic (exact) mass is 608 g/mol. The van der Waals surface area contributed by atoms with Crippen LogP contribution in [0.3, 0.4) is 0 Å². The van der Waals surface area contributed by atoms with Crippen molar-refractivity contribution < 1.29 is 36.9 Å². The summed E-state index contributed by atoms with van der Waals surface area (Å²) in [5.74, 6) is -2.77. The first kappa shape index (κ1) is 33.4. The molecule has 0 amide bonds. The summed E-state index contributed by atoms with van der Waals surface area (Å²) in [5.41, 5.74) is -3.49. The van der Waals surface area contributed by atoms with E-state index in [4.69, 9.17) is 9.47 Å². The van der Waals surface area contributed by atoms with E-state index in [1.54, 1.807) is 0 Å². The maximum Gasteiger partial charge on any atom is 0.420 e. The molecule has 0 bridgehead atoms. The number of ether oxygens (including phenoxy) is 2. The van der Waals surface area contributed by atoms with Crippen LogP contribution in [0.15, 0.2) is 36.4 Å². The van der Waals surface area contributed by atoms with Crippen molar-refractivity contribution in [2.45, 2.75) is 128 Å². The molecule has 0 radical (unpaired) electrons. The minimum Gasteiger partial charge on any atom is -0.459 e. The van der Waals surface area contributed by atoms with Gasteiger partial charge < -0.3 is 25.2 Å². The zero-order valence-electron chi connectivity index (χ0n) is 26.2. The number of nitrogens with one attached hydrogen (secondary N) is 2. The molecular weight excluding hydrogens is 564 g/mol. The van der Waals surface area contributed by atoms with E-state index in [2.05, 4.69) is 38.3 Å². The second-order valence-electron chi connectivity index (χ2n) is 14.7. The molecule has 43 heavy (non-hydrogen) atoms. The Bertz CT molecular complexity index is 1300. The fourth-order valence-electron chi connectivity index (χ4n) is 7.19. The number of piperidine rings is 2. The first-order valence-electron chi connectivity index (χ1n) is 14.7. The molecule has 2 fully saturated rings. The number of esters is 1. The Kier molecular flexibility index (Phi) is 8.87. The summed E-state index contributed by atoms with van der Waals surface area (Å²) in [6, 6.07) is 7.95. The molecule has 0 saturated carbocycles. The number of hydrogen-bond acceptors (Lipinski definition) is 6. The van der Waals surface area contributed by atoms with Crippen LogP contribution in [0.25, 0.3) is 11.1 Å². The molecule has 6 nitrogen and oxygen atoms in total. The Labute approximate surface area is 251 Å². The summed E-state index contributed by atoms with van der Waals surface area (Å²) in [7, 11) is 0. The molecule has 1 atom stereocenters. The number of aliphatic hydroxyl groups excluding tert-OH is 1.